The number of nitrogens with zero attached hydrogens (tertiary/aromatic N) is 4. The number of aryl methyl sites for hydroxylation is 1. The van der Waals surface area contributed by atoms with E-state index in [1.54, 1.807) is 20.0 Å². The molecular formula is C18H17N5O3S3. The summed E-state index contributed by atoms with van der Waals surface area (Å²) in [4.78, 5) is 39.9. The lowest BCUT2D eigenvalue weighted by Gasteiger charge is -2.07. The van der Waals surface area contributed by atoms with Crippen LogP contribution in [-0.4, -0.2) is 32.1 Å². The summed E-state index contributed by atoms with van der Waals surface area (Å²) in [6.07, 6.45) is 0. The Bertz CT molecular complexity index is 1310. The molecule has 11 heteroatoms. The van der Waals surface area contributed by atoms with Gasteiger partial charge < -0.3 is 10.5 Å². The number of thioether (sulfide) groups is 1. The number of anilines is 1. The predicted octanol–water partition coefficient (Wildman–Crippen LogP) is 3.36. The molecule has 0 unspecified atom stereocenters. The minimum Gasteiger partial charge on any atom is -0.462 e. The normalized spacial score (nSPS) is 11.4. The Kier molecular flexibility index (Phi) is 5.28. The summed E-state index contributed by atoms with van der Waals surface area (Å²) in [5.41, 5.74) is 6.80. The molecule has 4 rings (SSSR count). The van der Waals surface area contributed by atoms with Crippen LogP contribution in [0, 0.1) is 6.92 Å². The van der Waals surface area contributed by atoms with Gasteiger partial charge in [-0.25, -0.2) is 19.7 Å². The molecule has 0 amide bonds. The van der Waals surface area contributed by atoms with E-state index in [-0.39, 0.29) is 11.5 Å². The van der Waals surface area contributed by atoms with E-state index in [0.29, 0.717) is 54.5 Å². The summed E-state index contributed by atoms with van der Waals surface area (Å²) in [5, 5.41) is 3.73. The molecule has 0 spiro atoms. The Hall–Kier alpha value is -2.50. The molecule has 0 fully saturated rings. The number of carbonyl (C=O) groups excluding carboxylic acids is 1. The monoisotopic (exact) mass is 447 g/mol. The molecule has 0 radical (unpaired) electrons. The van der Waals surface area contributed by atoms with Crippen molar-refractivity contribution < 1.29 is 9.53 Å². The third kappa shape index (κ3) is 3.49. The fourth-order valence-corrected chi connectivity index (χ4v) is 5.64. The van der Waals surface area contributed by atoms with Gasteiger partial charge in [0, 0.05) is 7.05 Å². The van der Waals surface area contributed by atoms with E-state index in [1.165, 1.54) is 39.0 Å². The van der Waals surface area contributed by atoms with Gasteiger partial charge in [0.2, 0.25) is 0 Å². The SMILES string of the molecule is CCOC(=O)c1sc2nc(CSc3nc4sccc4c(=O)n3C)nc(N)c2c1C. The number of hydrogen-bond donors (Lipinski definition) is 1. The summed E-state index contributed by atoms with van der Waals surface area (Å²) in [6.45, 7) is 3.88. The zero-order chi connectivity index (χ0) is 20.7. The van der Waals surface area contributed by atoms with Crippen molar-refractivity contribution in [2.75, 3.05) is 12.3 Å². The highest BCUT2D eigenvalue weighted by Crippen LogP contribution is 2.34. The van der Waals surface area contributed by atoms with Crippen molar-refractivity contribution in [2.45, 2.75) is 24.8 Å². The molecular weight excluding hydrogens is 430 g/mol. The van der Waals surface area contributed by atoms with Gasteiger partial charge in [0.25, 0.3) is 5.56 Å². The van der Waals surface area contributed by atoms with Crippen LogP contribution in [0.25, 0.3) is 20.4 Å². The van der Waals surface area contributed by atoms with Crippen LogP contribution in [0.15, 0.2) is 21.4 Å². The molecule has 29 heavy (non-hydrogen) atoms. The lowest BCUT2D eigenvalue weighted by Crippen LogP contribution is -2.19. The first-order valence-corrected chi connectivity index (χ1v) is 11.4. The van der Waals surface area contributed by atoms with Crippen molar-refractivity contribution in [1.82, 2.24) is 19.5 Å². The van der Waals surface area contributed by atoms with Crippen LogP contribution >= 0.6 is 34.4 Å². The number of aromatic nitrogens is 4. The standard InChI is InChI=1S/C18H17N5O3S3/c1-4-26-17(25)12-8(2)11-13(19)20-10(21-15(11)29-12)7-28-18-22-14-9(5-6-27-14)16(24)23(18)3/h5-6H,4,7H2,1-3H3,(H2,19,20,21). The third-order valence-corrected chi connectivity index (χ3v) is 7.32. The van der Waals surface area contributed by atoms with E-state index >= 15 is 0 Å². The van der Waals surface area contributed by atoms with Gasteiger partial charge in [0.1, 0.15) is 26.2 Å². The Morgan fingerprint density at radius 3 is 2.86 bits per heavy atom. The van der Waals surface area contributed by atoms with Crippen LogP contribution in [0.5, 0.6) is 0 Å². The predicted molar refractivity (Wildman–Crippen MR) is 117 cm³/mol. The molecule has 0 saturated carbocycles. The second-order valence-electron chi connectivity index (χ2n) is 6.17. The van der Waals surface area contributed by atoms with E-state index in [0.717, 1.165) is 5.56 Å². The molecule has 0 aromatic carbocycles. The largest absolute Gasteiger partial charge is 0.462 e. The fraction of sp³-hybridized carbons (Fsp3) is 0.278. The first-order chi connectivity index (χ1) is 13.9. The van der Waals surface area contributed by atoms with Gasteiger partial charge in [-0.3, -0.25) is 9.36 Å². The molecule has 0 aliphatic carbocycles. The number of nitrogens with two attached hydrogens (primary N) is 1. The van der Waals surface area contributed by atoms with Gasteiger partial charge in [-0.15, -0.1) is 22.7 Å². The number of fused-ring (bicyclic) bond motifs is 2. The van der Waals surface area contributed by atoms with Crippen LogP contribution in [0.2, 0.25) is 0 Å². The van der Waals surface area contributed by atoms with Gasteiger partial charge in [-0.05, 0) is 30.9 Å². The van der Waals surface area contributed by atoms with Crippen molar-refractivity contribution >= 4 is 66.7 Å². The van der Waals surface area contributed by atoms with Crippen molar-refractivity contribution in [3.05, 3.63) is 38.1 Å². The average Bonchev–Trinajstić information content (AvgIpc) is 3.28. The van der Waals surface area contributed by atoms with Gasteiger partial charge in [-0.2, -0.15) is 0 Å². The molecule has 4 aromatic heterocycles. The number of nitrogen functional groups attached to an aromatic ring is 1. The smallest absolute Gasteiger partial charge is 0.348 e. The van der Waals surface area contributed by atoms with Gasteiger partial charge in [0.05, 0.1) is 23.1 Å². The van der Waals surface area contributed by atoms with Crippen molar-refractivity contribution in [3.63, 3.8) is 0 Å². The second kappa shape index (κ2) is 7.73. The topological polar surface area (TPSA) is 113 Å². The maximum atomic E-state index is 12.4. The van der Waals surface area contributed by atoms with E-state index in [4.69, 9.17) is 10.5 Å². The molecule has 0 aliphatic rings. The van der Waals surface area contributed by atoms with Crippen LogP contribution in [-0.2, 0) is 17.5 Å². The van der Waals surface area contributed by atoms with E-state index in [9.17, 15) is 9.59 Å². The van der Waals surface area contributed by atoms with Gasteiger partial charge >= 0.3 is 5.97 Å². The fourth-order valence-electron chi connectivity index (χ4n) is 2.91. The molecule has 0 atom stereocenters. The Morgan fingerprint density at radius 2 is 2.10 bits per heavy atom. The quantitative estimate of drug-likeness (QED) is 0.281. The lowest BCUT2D eigenvalue weighted by molar-refractivity contribution is 0.0531. The number of rotatable bonds is 5. The van der Waals surface area contributed by atoms with Crippen molar-refractivity contribution in [3.8, 4) is 0 Å². The van der Waals surface area contributed by atoms with Crippen LogP contribution < -0.4 is 11.3 Å². The zero-order valence-electron chi connectivity index (χ0n) is 15.9. The molecule has 0 saturated heterocycles. The molecule has 0 aliphatic heterocycles. The van der Waals surface area contributed by atoms with Crippen LogP contribution in [0.4, 0.5) is 5.82 Å². The molecule has 8 nitrogen and oxygen atoms in total. The van der Waals surface area contributed by atoms with Crippen LogP contribution in [0.1, 0.15) is 28.0 Å². The Morgan fingerprint density at radius 1 is 1.31 bits per heavy atom. The molecule has 4 heterocycles. The first kappa shape index (κ1) is 19.8. The first-order valence-electron chi connectivity index (χ1n) is 8.70. The number of thiophene rings is 2. The highest BCUT2D eigenvalue weighted by Gasteiger charge is 2.20. The maximum Gasteiger partial charge on any atom is 0.348 e. The molecule has 4 aromatic rings. The highest BCUT2D eigenvalue weighted by molar-refractivity contribution is 7.98. The Labute approximate surface area is 177 Å². The van der Waals surface area contributed by atoms with Crippen molar-refractivity contribution in [2.24, 2.45) is 7.05 Å². The zero-order valence-corrected chi connectivity index (χ0v) is 18.3. The van der Waals surface area contributed by atoms with Crippen molar-refractivity contribution in [1.29, 1.82) is 0 Å². The summed E-state index contributed by atoms with van der Waals surface area (Å²) >= 11 is 4.04. The lowest BCUT2D eigenvalue weighted by atomic mass is 10.2. The van der Waals surface area contributed by atoms with Gasteiger partial charge in [-0.1, -0.05) is 11.8 Å². The van der Waals surface area contributed by atoms with Crippen LogP contribution in [0.3, 0.4) is 0 Å². The summed E-state index contributed by atoms with van der Waals surface area (Å²) in [6, 6.07) is 1.78. The highest BCUT2D eigenvalue weighted by atomic mass is 32.2. The summed E-state index contributed by atoms with van der Waals surface area (Å²) in [7, 11) is 1.70. The third-order valence-electron chi connectivity index (χ3n) is 4.32. The van der Waals surface area contributed by atoms with E-state index in [1.807, 2.05) is 12.3 Å². The van der Waals surface area contributed by atoms with E-state index < -0.39 is 0 Å². The molecule has 2 N–H and O–H groups in total. The minimum absolute atomic E-state index is 0.0809. The minimum atomic E-state index is -0.383. The second-order valence-corrected chi connectivity index (χ2v) is 9.00. The number of ether oxygens (including phenoxy) is 1. The Balaban J connectivity index is 1.66. The van der Waals surface area contributed by atoms with Gasteiger partial charge in [0.15, 0.2) is 5.16 Å². The number of esters is 1. The van der Waals surface area contributed by atoms with E-state index in [2.05, 4.69) is 15.0 Å². The molecule has 0 bridgehead atoms. The summed E-state index contributed by atoms with van der Waals surface area (Å²) in [5.74, 6) is 0.845. The number of carbonyl (C=O) groups is 1. The maximum absolute atomic E-state index is 12.4. The average molecular weight is 448 g/mol. The molecule has 150 valence electrons. The summed E-state index contributed by atoms with van der Waals surface area (Å²) < 4.78 is 6.63. The number of hydrogen-bond acceptors (Lipinski definition) is 10.